The Morgan fingerprint density at radius 1 is 1.11 bits per heavy atom. The lowest BCUT2D eigenvalue weighted by Crippen LogP contribution is -2.76. The van der Waals surface area contributed by atoms with Crippen LogP contribution >= 0.6 is 0 Å². The molecule has 0 saturated heterocycles. The first-order valence-corrected chi connectivity index (χ1v) is 11.3. The molecule has 2 rings (SSSR count). The van der Waals surface area contributed by atoms with E-state index in [0.29, 0.717) is 6.54 Å². The van der Waals surface area contributed by atoms with Crippen molar-refractivity contribution in [3.63, 3.8) is 0 Å². The third-order valence-electron chi connectivity index (χ3n) is 4.56. The van der Waals surface area contributed by atoms with Crippen molar-refractivity contribution in [3.05, 3.63) is 59.4 Å². The number of quaternary nitrogens is 1. The van der Waals surface area contributed by atoms with Gasteiger partial charge in [0.2, 0.25) is 0 Å². The van der Waals surface area contributed by atoms with Crippen molar-refractivity contribution >= 4 is 22.0 Å². The Balaban J connectivity index is 2.22. The van der Waals surface area contributed by atoms with Crippen LogP contribution in [-0.2, 0) is 20.9 Å². The maximum Gasteiger partial charge on any atom is 0.187 e. The highest BCUT2D eigenvalue weighted by atomic mass is 32.3. The largest absolute Gasteiger partial charge is 0.310 e. The molecule has 0 spiro atoms. The van der Waals surface area contributed by atoms with Gasteiger partial charge < -0.3 is 10.7 Å². The number of nitrogens with zero attached hydrogens (tertiary/aromatic N) is 1. The number of hydrogen-bond donors (Lipinski definition) is 2. The molecule has 0 bridgehead atoms. The summed E-state index contributed by atoms with van der Waals surface area (Å²) in [5.74, 6) is -0.246. The van der Waals surface area contributed by atoms with Crippen molar-refractivity contribution in [1.82, 2.24) is 4.31 Å². The highest BCUT2D eigenvalue weighted by Gasteiger charge is 2.34. The van der Waals surface area contributed by atoms with E-state index < -0.39 is 10.1 Å². The van der Waals surface area contributed by atoms with E-state index in [9.17, 15) is 8.60 Å². The van der Waals surface area contributed by atoms with E-state index in [1.54, 1.807) is 18.4 Å². The number of nitrogens with one attached hydrogen (secondary N) is 1. The van der Waals surface area contributed by atoms with E-state index in [0.717, 1.165) is 47.6 Å². The van der Waals surface area contributed by atoms with Crippen LogP contribution in [0.3, 0.4) is 0 Å². The summed E-state index contributed by atoms with van der Waals surface area (Å²) in [5, 5.41) is 9.78. The normalized spacial score (nSPS) is 13.5. The highest BCUT2D eigenvalue weighted by molar-refractivity contribution is 8.00. The minimum absolute atomic E-state index is 0.246. The Labute approximate surface area is 162 Å². The molecule has 0 aliphatic rings. The molecular formula is C21H30FN3OS+2. The third-order valence-corrected chi connectivity index (χ3v) is 7.04. The van der Waals surface area contributed by atoms with Crippen LogP contribution in [-0.4, -0.2) is 29.9 Å². The summed E-state index contributed by atoms with van der Waals surface area (Å²) in [4.78, 5) is 0.766. The van der Waals surface area contributed by atoms with Crippen LogP contribution in [0.4, 0.5) is 10.1 Å². The minimum Gasteiger partial charge on any atom is -0.310 e. The first-order chi connectivity index (χ1) is 12.9. The zero-order valence-corrected chi connectivity index (χ0v) is 17.2. The van der Waals surface area contributed by atoms with Gasteiger partial charge in [-0.25, -0.2) is 4.39 Å². The Morgan fingerprint density at radius 3 is 2.30 bits per heavy atom. The summed E-state index contributed by atoms with van der Waals surface area (Å²) in [7, 11) is -2.32. The van der Waals surface area contributed by atoms with Crippen molar-refractivity contribution in [1.29, 1.82) is 5.41 Å². The Morgan fingerprint density at radius 2 is 1.74 bits per heavy atom. The van der Waals surface area contributed by atoms with E-state index in [2.05, 4.69) is 18.2 Å². The summed E-state index contributed by atoms with van der Waals surface area (Å²) < 4.78 is 28.5. The number of nitrogens with two attached hydrogens (primary N) is 1. The SMILES string of the molecule is CCCN(CCC)[S+](C)(=O)c1ccc([NH2+]Cc2ccc(F)cc2)c(C=N)c1. The van der Waals surface area contributed by atoms with E-state index in [1.807, 2.05) is 23.5 Å². The molecule has 0 heterocycles. The second-order valence-electron chi connectivity index (χ2n) is 6.70. The molecule has 1 atom stereocenters. The fraction of sp³-hybridized carbons (Fsp3) is 0.381. The van der Waals surface area contributed by atoms with Gasteiger partial charge in [-0.2, -0.15) is 0 Å². The molecule has 146 valence electrons. The molecule has 6 heteroatoms. The molecule has 27 heavy (non-hydrogen) atoms. The number of hydrogen-bond acceptors (Lipinski definition) is 2. The van der Waals surface area contributed by atoms with Crippen LogP contribution in [0.15, 0.2) is 47.4 Å². The molecule has 0 saturated carbocycles. The molecule has 0 aliphatic carbocycles. The van der Waals surface area contributed by atoms with Crippen molar-refractivity contribution in [2.75, 3.05) is 19.3 Å². The zero-order valence-electron chi connectivity index (χ0n) is 16.4. The summed E-state index contributed by atoms with van der Waals surface area (Å²) in [6.07, 6.45) is 5.00. The fourth-order valence-corrected chi connectivity index (χ4v) is 5.08. The van der Waals surface area contributed by atoms with Gasteiger partial charge in [-0.05, 0) is 25.0 Å². The highest BCUT2D eigenvalue weighted by Crippen LogP contribution is 2.25. The van der Waals surface area contributed by atoms with Crippen LogP contribution in [0.2, 0.25) is 0 Å². The van der Waals surface area contributed by atoms with Gasteiger partial charge in [-0.3, -0.25) is 0 Å². The lowest BCUT2D eigenvalue weighted by molar-refractivity contribution is -0.588. The van der Waals surface area contributed by atoms with Crippen LogP contribution < -0.4 is 5.32 Å². The number of halogens is 1. The van der Waals surface area contributed by atoms with Gasteiger partial charge >= 0.3 is 0 Å². The Kier molecular flexibility index (Phi) is 7.83. The fourth-order valence-electron chi connectivity index (χ4n) is 3.06. The van der Waals surface area contributed by atoms with Crippen LogP contribution in [0.25, 0.3) is 0 Å². The van der Waals surface area contributed by atoms with Crippen LogP contribution in [0, 0.1) is 11.2 Å². The predicted octanol–water partition coefficient (Wildman–Crippen LogP) is 3.74. The number of benzene rings is 2. The molecule has 1 unspecified atom stereocenters. The molecule has 2 aromatic carbocycles. The van der Waals surface area contributed by atoms with Crippen molar-refractivity contribution < 1.29 is 13.9 Å². The lowest BCUT2D eigenvalue weighted by Gasteiger charge is -2.21. The molecular weight excluding hydrogens is 361 g/mol. The second-order valence-corrected chi connectivity index (χ2v) is 9.29. The molecule has 0 radical (unpaired) electrons. The Hall–Kier alpha value is -1.89. The van der Waals surface area contributed by atoms with Gasteiger partial charge in [0, 0.05) is 43.1 Å². The van der Waals surface area contributed by atoms with E-state index in [-0.39, 0.29) is 5.82 Å². The summed E-state index contributed by atoms with van der Waals surface area (Å²) >= 11 is 0. The maximum atomic E-state index is 13.5. The third kappa shape index (κ3) is 5.54. The lowest BCUT2D eigenvalue weighted by atomic mass is 10.1. The monoisotopic (exact) mass is 391 g/mol. The van der Waals surface area contributed by atoms with Gasteiger partial charge in [-0.15, -0.1) is 4.31 Å². The number of rotatable bonds is 10. The smallest absolute Gasteiger partial charge is 0.187 e. The van der Waals surface area contributed by atoms with Gasteiger partial charge in [-0.1, -0.05) is 30.2 Å². The molecule has 2 aromatic rings. The first-order valence-electron chi connectivity index (χ1n) is 9.38. The Bertz CT molecular complexity index is 802. The molecule has 0 fully saturated rings. The molecule has 3 N–H and O–H groups in total. The van der Waals surface area contributed by atoms with Crippen molar-refractivity contribution in [3.8, 4) is 0 Å². The van der Waals surface area contributed by atoms with Gasteiger partial charge in [0.05, 0.1) is 5.56 Å². The molecule has 0 aliphatic heterocycles. The van der Waals surface area contributed by atoms with Crippen LogP contribution in [0.1, 0.15) is 37.8 Å². The maximum absolute atomic E-state index is 13.5. The van der Waals surface area contributed by atoms with Crippen molar-refractivity contribution in [2.45, 2.75) is 38.1 Å². The average molecular weight is 392 g/mol. The molecule has 0 amide bonds. The van der Waals surface area contributed by atoms with Crippen LogP contribution in [0.5, 0.6) is 0 Å². The minimum atomic E-state index is -2.32. The second kappa shape index (κ2) is 9.88. The molecule has 0 aromatic heterocycles. The van der Waals surface area contributed by atoms with E-state index in [1.165, 1.54) is 18.3 Å². The summed E-state index contributed by atoms with van der Waals surface area (Å²) in [6, 6.07) is 12.1. The van der Waals surface area contributed by atoms with E-state index in [4.69, 9.17) is 5.41 Å². The average Bonchev–Trinajstić information content (AvgIpc) is 2.67. The van der Waals surface area contributed by atoms with Gasteiger partial charge in [0.25, 0.3) is 0 Å². The molecule has 4 nitrogen and oxygen atoms in total. The summed E-state index contributed by atoms with van der Waals surface area (Å²) in [6.45, 7) is 6.42. The standard InChI is InChI=1S/C21H29FN3OS/c1-4-12-25(13-5-2)27(3,26)20-10-11-21(18(14-20)15-23)24-16-17-6-8-19(22)9-7-17/h6-11,14-15,23-24H,4-5,12-13,16H2,1-3H3/q+1/p+1. The van der Waals surface area contributed by atoms with Gasteiger partial charge in [0.1, 0.15) is 24.3 Å². The summed E-state index contributed by atoms with van der Waals surface area (Å²) in [5.41, 5.74) is 2.68. The van der Waals surface area contributed by atoms with Crippen molar-refractivity contribution in [2.24, 2.45) is 0 Å². The zero-order chi connectivity index (χ0) is 19.9. The topological polar surface area (TPSA) is 60.8 Å². The van der Waals surface area contributed by atoms with E-state index >= 15 is 0 Å². The first kappa shape index (κ1) is 21.4. The quantitative estimate of drug-likeness (QED) is 0.362. The predicted molar refractivity (Wildman–Crippen MR) is 110 cm³/mol. The van der Waals surface area contributed by atoms with Gasteiger partial charge in [0.15, 0.2) is 15.0 Å².